The van der Waals surface area contributed by atoms with Crippen molar-refractivity contribution in [2.45, 2.75) is 40.5 Å². The first kappa shape index (κ1) is 17.2. The lowest BCUT2D eigenvalue weighted by Crippen LogP contribution is -2.11. The van der Waals surface area contributed by atoms with Crippen molar-refractivity contribution in [2.75, 3.05) is 25.1 Å². The third-order valence-corrected chi connectivity index (χ3v) is 3.16. The van der Waals surface area contributed by atoms with Gasteiger partial charge in [0.15, 0.2) is 0 Å². The summed E-state index contributed by atoms with van der Waals surface area (Å²) in [5.74, 6) is 1.67. The van der Waals surface area contributed by atoms with E-state index in [-0.39, 0.29) is 5.41 Å². The Labute approximate surface area is 128 Å². The molecule has 0 unspecified atom stereocenters. The van der Waals surface area contributed by atoms with Gasteiger partial charge in [-0.2, -0.15) is 5.26 Å². The fourth-order valence-electron chi connectivity index (χ4n) is 1.99. The number of ether oxygens (including phenoxy) is 2. The van der Waals surface area contributed by atoms with Gasteiger partial charge in [0.05, 0.1) is 30.4 Å². The summed E-state index contributed by atoms with van der Waals surface area (Å²) in [5.41, 5.74) is 0.676. The second-order valence-electron chi connectivity index (χ2n) is 5.55. The summed E-state index contributed by atoms with van der Waals surface area (Å²) >= 11 is 0. The number of hydrogen-bond acceptors (Lipinski definition) is 4. The zero-order valence-electron chi connectivity index (χ0n) is 13.5. The molecule has 4 heteroatoms. The van der Waals surface area contributed by atoms with Gasteiger partial charge in [0.2, 0.25) is 0 Å². The third kappa shape index (κ3) is 5.95. The molecule has 21 heavy (non-hydrogen) atoms. The molecular weight excluding hydrogens is 264 g/mol. The molecule has 0 heterocycles. The monoisotopic (exact) mass is 290 g/mol. The maximum atomic E-state index is 9.01. The smallest absolute Gasteiger partial charge is 0.142 e. The standard InChI is InChI=1S/C17H26N2O2/c1-5-20-14-8-9-16(21-6-2)15(12-14)19-11-7-10-17(3,4)13-18/h8-9,12,19H,5-7,10-11H2,1-4H3. The highest BCUT2D eigenvalue weighted by Gasteiger charge is 2.15. The Morgan fingerprint density at radius 1 is 1.19 bits per heavy atom. The zero-order chi connectivity index (χ0) is 15.7. The van der Waals surface area contributed by atoms with Gasteiger partial charge in [-0.05, 0) is 52.7 Å². The predicted molar refractivity (Wildman–Crippen MR) is 85.9 cm³/mol. The van der Waals surface area contributed by atoms with E-state index in [9.17, 15) is 0 Å². The molecule has 0 radical (unpaired) electrons. The molecule has 0 bridgehead atoms. The van der Waals surface area contributed by atoms with Gasteiger partial charge < -0.3 is 14.8 Å². The van der Waals surface area contributed by atoms with Crippen molar-refractivity contribution >= 4 is 5.69 Å². The molecule has 4 nitrogen and oxygen atoms in total. The number of hydrogen-bond donors (Lipinski definition) is 1. The number of nitriles is 1. The predicted octanol–water partition coefficient (Wildman–Crippen LogP) is 4.23. The van der Waals surface area contributed by atoms with Crippen LogP contribution in [0.15, 0.2) is 18.2 Å². The van der Waals surface area contributed by atoms with Gasteiger partial charge in [0.25, 0.3) is 0 Å². The summed E-state index contributed by atoms with van der Waals surface area (Å²) in [6, 6.07) is 8.13. The molecule has 1 aromatic carbocycles. The van der Waals surface area contributed by atoms with Crippen molar-refractivity contribution in [3.63, 3.8) is 0 Å². The van der Waals surface area contributed by atoms with Crippen LogP contribution < -0.4 is 14.8 Å². The second kappa shape index (κ2) is 8.41. The van der Waals surface area contributed by atoms with E-state index in [4.69, 9.17) is 14.7 Å². The highest BCUT2D eigenvalue weighted by Crippen LogP contribution is 2.30. The molecule has 0 amide bonds. The van der Waals surface area contributed by atoms with Crippen molar-refractivity contribution in [3.8, 4) is 17.6 Å². The van der Waals surface area contributed by atoms with Crippen LogP contribution in [0.3, 0.4) is 0 Å². The Morgan fingerprint density at radius 3 is 2.52 bits per heavy atom. The largest absolute Gasteiger partial charge is 0.494 e. The number of rotatable bonds is 9. The quantitative estimate of drug-likeness (QED) is 0.692. The normalized spacial score (nSPS) is 10.8. The second-order valence-corrected chi connectivity index (χ2v) is 5.55. The van der Waals surface area contributed by atoms with Crippen LogP contribution >= 0.6 is 0 Å². The Hall–Kier alpha value is -1.89. The molecule has 1 N–H and O–H groups in total. The Bertz CT molecular complexity index is 478. The minimum atomic E-state index is -0.266. The van der Waals surface area contributed by atoms with Crippen LogP contribution in [0.1, 0.15) is 40.5 Å². The molecule has 1 rings (SSSR count). The van der Waals surface area contributed by atoms with Gasteiger partial charge in [0, 0.05) is 12.6 Å². The van der Waals surface area contributed by atoms with Crippen molar-refractivity contribution < 1.29 is 9.47 Å². The van der Waals surface area contributed by atoms with Gasteiger partial charge in [-0.15, -0.1) is 0 Å². The van der Waals surface area contributed by atoms with Crippen LogP contribution in [0, 0.1) is 16.7 Å². The number of nitrogens with one attached hydrogen (secondary N) is 1. The van der Waals surface area contributed by atoms with E-state index in [2.05, 4.69) is 11.4 Å². The molecule has 0 atom stereocenters. The molecule has 0 aliphatic heterocycles. The fourth-order valence-corrected chi connectivity index (χ4v) is 1.99. The van der Waals surface area contributed by atoms with E-state index in [1.54, 1.807) is 0 Å². The first-order valence-electron chi connectivity index (χ1n) is 7.57. The summed E-state index contributed by atoms with van der Waals surface area (Å²) < 4.78 is 11.1. The van der Waals surface area contributed by atoms with Gasteiger partial charge >= 0.3 is 0 Å². The van der Waals surface area contributed by atoms with E-state index < -0.39 is 0 Å². The first-order valence-corrected chi connectivity index (χ1v) is 7.57. The molecule has 0 saturated heterocycles. The lowest BCUT2D eigenvalue weighted by Gasteiger charge is -2.17. The Morgan fingerprint density at radius 2 is 1.90 bits per heavy atom. The van der Waals surface area contributed by atoms with Crippen LogP contribution in [0.25, 0.3) is 0 Å². The summed E-state index contributed by atoms with van der Waals surface area (Å²) in [5, 5.41) is 12.4. The highest BCUT2D eigenvalue weighted by molar-refractivity contribution is 5.59. The molecule has 1 aromatic rings. The van der Waals surface area contributed by atoms with Crippen molar-refractivity contribution in [2.24, 2.45) is 5.41 Å². The van der Waals surface area contributed by atoms with Crippen LogP contribution in [-0.2, 0) is 0 Å². The number of benzene rings is 1. The van der Waals surface area contributed by atoms with Gasteiger partial charge in [-0.1, -0.05) is 0 Å². The summed E-state index contributed by atoms with van der Waals surface area (Å²) in [4.78, 5) is 0. The molecule has 0 saturated carbocycles. The highest BCUT2D eigenvalue weighted by atomic mass is 16.5. The average Bonchev–Trinajstić information content (AvgIpc) is 2.46. The molecule has 0 aromatic heterocycles. The molecular formula is C17H26N2O2. The van der Waals surface area contributed by atoms with Crippen LogP contribution in [-0.4, -0.2) is 19.8 Å². The van der Waals surface area contributed by atoms with Crippen molar-refractivity contribution in [1.82, 2.24) is 0 Å². The van der Waals surface area contributed by atoms with E-state index in [0.717, 1.165) is 36.6 Å². The van der Waals surface area contributed by atoms with Crippen molar-refractivity contribution in [1.29, 1.82) is 5.26 Å². The number of anilines is 1. The topological polar surface area (TPSA) is 54.3 Å². The van der Waals surface area contributed by atoms with Crippen LogP contribution in [0.2, 0.25) is 0 Å². The summed E-state index contributed by atoms with van der Waals surface area (Å²) in [7, 11) is 0. The Kier molecular flexibility index (Phi) is 6.87. The third-order valence-electron chi connectivity index (χ3n) is 3.16. The minimum absolute atomic E-state index is 0.266. The zero-order valence-corrected chi connectivity index (χ0v) is 13.5. The number of nitrogens with zero attached hydrogens (tertiary/aromatic N) is 1. The molecule has 0 fully saturated rings. The van der Waals surface area contributed by atoms with Gasteiger partial charge in [-0.3, -0.25) is 0 Å². The first-order chi connectivity index (χ1) is 10.0. The average molecular weight is 290 g/mol. The van der Waals surface area contributed by atoms with E-state index >= 15 is 0 Å². The van der Waals surface area contributed by atoms with Crippen LogP contribution in [0.4, 0.5) is 5.69 Å². The Balaban J connectivity index is 2.62. The maximum Gasteiger partial charge on any atom is 0.142 e. The molecule has 0 aliphatic carbocycles. The molecule has 0 aliphatic rings. The lowest BCUT2D eigenvalue weighted by molar-refractivity contribution is 0.331. The van der Waals surface area contributed by atoms with E-state index in [0.29, 0.717) is 13.2 Å². The van der Waals surface area contributed by atoms with Crippen LogP contribution in [0.5, 0.6) is 11.5 Å². The van der Waals surface area contributed by atoms with E-state index in [1.807, 2.05) is 45.9 Å². The lowest BCUT2D eigenvalue weighted by atomic mass is 9.90. The molecule has 0 spiro atoms. The summed E-state index contributed by atoms with van der Waals surface area (Å²) in [6.07, 6.45) is 1.80. The maximum absolute atomic E-state index is 9.01. The van der Waals surface area contributed by atoms with E-state index in [1.165, 1.54) is 0 Å². The van der Waals surface area contributed by atoms with Crippen molar-refractivity contribution in [3.05, 3.63) is 18.2 Å². The SMILES string of the molecule is CCOc1ccc(OCC)c(NCCCC(C)(C)C#N)c1. The minimum Gasteiger partial charge on any atom is -0.494 e. The van der Waals surface area contributed by atoms with Gasteiger partial charge in [0.1, 0.15) is 11.5 Å². The summed E-state index contributed by atoms with van der Waals surface area (Å²) in [6.45, 7) is 9.94. The van der Waals surface area contributed by atoms with Gasteiger partial charge in [-0.25, -0.2) is 0 Å². The molecule has 116 valence electrons. The fraction of sp³-hybridized carbons (Fsp3) is 0.588.